The maximum Gasteiger partial charge on any atom is 0.246 e. The molecule has 6 nitrogen and oxygen atoms in total. The molecule has 3 heterocycles. The van der Waals surface area contributed by atoms with E-state index in [4.69, 9.17) is 15.2 Å². The topological polar surface area (TPSA) is 81.9 Å². The molecule has 3 aliphatic rings. The Morgan fingerprint density at radius 2 is 1.91 bits per heavy atom. The summed E-state index contributed by atoms with van der Waals surface area (Å²) < 4.78 is 27.7. The number of amides is 2. The predicted octanol–water partition coefficient (Wildman–Crippen LogP) is 4.55. The van der Waals surface area contributed by atoms with Gasteiger partial charge in [0.05, 0.1) is 5.69 Å². The molecule has 6 rings (SSSR count). The van der Waals surface area contributed by atoms with Crippen LogP contribution >= 0.6 is 15.9 Å². The number of nitrogens with two attached hydrogens (primary N) is 1. The zero-order valence-corrected chi connectivity index (χ0v) is 20.7. The zero-order chi connectivity index (χ0) is 24.7. The van der Waals surface area contributed by atoms with E-state index in [0.29, 0.717) is 33.5 Å². The summed E-state index contributed by atoms with van der Waals surface area (Å²) in [4.78, 5) is 28.5. The van der Waals surface area contributed by atoms with Crippen LogP contribution in [-0.2, 0) is 21.4 Å². The van der Waals surface area contributed by atoms with E-state index in [-0.39, 0.29) is 23.7 Å². The maximum atomic E-state index is 14.9. The number of benzene rings is 3. The van der Waals surface area contributed by atoms with E-state index in [2.05, 4.69) is 15.9 Å². The molecule has 3 aliphatic heterocycles. The molecule has 2 atom stereocenters. The van der Waals surface area contributed by atoms with Crippen LogP contribution in [0.25, 0.3) is 0 Å². The normalized spacial score (nSPS) is 21.8. The summed E-state index contributed by atoms with van der Waals surface area (Å²) in [6.07, 6.45) is 0.686. The lowest BCUT2D eigenvalue weighted by Crippen LogP contribution is -2.47. The highest BCUT2D eigenvalue weighted by Crippen LogP contribution is 2.57. The summed E-state index contributed by atoms with van der Waals surface area (Å²) in [5.41, 5.74) is 7.11. The molecule has 0 fully saturated rings. The molecule has 8 heteroatoms. The van der Waals surface area contributed by atoms with Gasteiger partial charge in [-0.1, -0.05) is 40.2 Å². The van der Waals surface area contributed by atoms with Gasteiger partial charge < -0.3 is 15.2 Å². The van der Waals surface area contributed by atoms with Gasteiger partial charge in [-0.05, 0) is 43.7 Å². The SMILES string of the molecule is CC1(C)Cc2cc3c(cc2O1)OCC31C(=O)N(C(C(N)=O)c2ccccc2F)c2cccc(Br)c21. The Labute approximate surface area is 209 Å². The molecule has 0 aliphatic carbocycles. The molecule has 2 N–H and O–H groups in total. The molecular weight excluding hydrogens is 515 g/mol. The Morgan fingerprint density at radius 1 is 1.14 bits per heavy atom. The first-order valence-corrected chi connectivity index (χ1v) is 12.1. The number of primary amides is 1. The van der Waals surface area contributed by atoms with Crippen molar-refractivity contribution in [3.05, 3.63) is 87.1 Å². The van der Waals surface area contributed by atoms with Gasteiger partial charge in [0.1, 0.15) is 41.0 Å². The Hall–Kier alpha value is -3.39. The van der Waals surface area contributed by atoms with Crippen LogP contribution < -0.4 is 20.1 Å². The summed E-state index contributed by atoms with van der Waals surface area (Å²) in [7, 11) is 0. The number of fused-ring (bicyclic) bond motifs is 5. The highest BCUT2D eigenvalue weighted by Gasteiger charge is 2.60. The molecule has 35 heavy (non-hydrogen) atoms. The van der Waals surface area contributed by atoms with Crippen LogP contribution in [0.2, 0.25) is 0 Å². The third kappa shape index (κ3) is 2.99. The van der Waals surface area contributed by atoms with Crippen LogP contribution in [0.4, 0.5) is 10.1 Å². The Kier molecular flexibility index (Phi) is 4.61. The lowest BCUT2D eigenvalue weighted by Gasteiger charge is -2.29. The lowest BCUT2D eigenvalue weighted by atomic mass is 9.76. The van der Waals surface area contributed by atoms with Gasteiger partial charge in [0.25, 0.3) is 0 Å². The van der Waals surface area contributed by atoms with E-state index in [1.807, 2.05) is 32.0 Å². The Balaban J connectivity index is 1.58. The van der Waals surface area contributed by atoms with Crippen molar-refractivity contribution in [3.8, 4) is 11.5 Å². The van der Waals surface area contributed by atoms with Crippen molar-refractivity contribution in [3.63, 3.8) is 0 Å². The second-order valence-electron chi connectivity index (χ2n) is 9.82. The number of anilines is 1. The maximum absolute atomic E-state index is 14.9. The molecule has 178 valence electrons. The molecule has 0 radical (unpaired) electrons. The molecular formula is C27H22BrFN2O4. The van der Waals surface area contributed by atoms with Crippen LogP contribution in [0, 0.1) is 5.82 Å². The molecule has 2 unspecified atom stereocenters. The molecule has 0 bridgehead atoms. The third-order valence-corrected chi connectivity index (χ3v) is 7.72. The van der Waals surface area contributed by atoms with Gasteiger partial charge in [-0.25, -0.2) is 4.39 Å². The van der Waals surface area contributed by atoms with Crippen LogP contribution in [0.15, 0.2) is 59.1 Å². The number of hydrogen-bond donors (Lipinski definition) is 1. The molecule has 2 amide bonds. The highest BCUT2D eigenvalue weighted by molar-refractivity contribution is 9.10. The van der Waals surface area contributed by atoms with Gasteiger partial charge in [0, 0.05) is 33.7 Å². The van der Waals surface area contributed by atoms with E-state index < -0.39 is 23.2 Å². The number of hydrogen-bond acceptors (Lipinski definition) is 4. The van der Waals surface area contributed by atoms with Crippen LogP contribution in [0.1, 0.15) is 42.1 Å². The van der Waals surface area contributed by atoms with Gasteiger partial charge in [-0.15, -0.1) is 0 Å². The Bertz CT molecular complexity index is 1440. The lowest BCUT2D eigenvalue weighted by molar-refractivity contribution is -0.126. The third-order valence-electron chi connectivity index (χ3n) is 7.06. The molecule has 1 spiro atoms. The average molecular weight is 537 g/mol. The largest absolute Gasteiger partial charge is 0.491 e. The first-order valence-electron chi connectivity index (χ1n) is 11.3. The highest BCUT2D eigenvalue weighted by atomic mass is 79.9. The fourth-order valence-electron chi connectivity index (χ4n) is 5.66. The number of ether oxygens (including phenoxy) is 2. The Morgan fingerprint density at radius 3 is 2.66 bits per heavy atom. The van der Waals surface area contributed by atoms with Gasteiger partial charge in [0.15, 0.2) is 0 Å². The number of rotatable bonds is 3. The van der Waals surface area contributed by atoms with Gasteiger partial charge >= 0.3 is 0 Å². The van der Waals surface area contributed by atoms with Crippen molar-refractivity contribution in [2.75, 3.05) is 11.5 Å². The number of nitrogens with zero attached hydrogens (tertiary/aromatic N) is 1. The minimum atomic E-state index is -1.32. The van der Waals surface area contributed by atoms with Crippen molar-refractivity contribution < 1.29 is 23.5 Å². The van der Waals surface area contributed by atoms with Gasteiger partial charge in [0.2, 0.25) is 11.8 Å². The quantitative estimate of drug-likeness (QED) is 0.532. The second kappa shape index (κ2) is 7.31. The minimum Gasteiger partial charge on any atom is -0.491 e. The summed E-state index contributed by atoms with van der Waals surface area (Å²) in [6, 6.07) is 13.7. The van der Waals surface area contributed by atoms with E-state index >= 15 is 0 Å². The summed E-state index contributed by atoms with van der Waals surface area (Å²) in [5, 5.41) is 0. The van der Waals surface area contributed by atoms with Crippen molar-refractivity contribution in [2.45, 2.75) is 37.3 Å². The zero-order valence-electron chi connectivity index (χ0n) is 19.1. The van der Waals surface area contributed by atoms with Crippen molar-refractivity contribution in [1.29, 1.82) is 0 Å². The molecule has 3 aromatic carbocycles. The first kappa shape index (κ1) is 22.1. The van der Waals surface area contributed by atoms with E-state index in [1.165, 1.54) is 23.1 Å². The molecule has 0 saturated heterocycles. The first-order chi connectivity index (χ1) is 16.6. The van der Waals surface area contributed by atoms with E-state index in [0.717, 1.165) is 11.3 Å². The predicted molar refractivity (Wildman–Crippen MR) is 131 cm³/mol. The monoisotopic (exact) mass is 536 g/mol. The summed E-state index contributed by atoms with van der Waals surface area (Å²) >= 11 is 3.63. The van der Waals surface area contributed by atoms with Crippen LogP contribution in [0.5, 0.6) is 11.5 Å². The van der Waals surface area contributed by atoms with Gasteiger partial charge in [-0.3, -0.25) is 14.5 Å². The van der Waals surface area contributed by atoms with Gasteiger partial charge in [-0.2, -0.15) is 0 Å². The van der Waals surface area contributed by atoms with Crippen LogP contribution in [0.3, 0.4) is 0 Å². The standard InChI is InChI=1S/C27H22BrFN2O4/c1-26(2)12-14-10-16-21(11-20(14)35-26)34-13-27(16)22-17(28)7-5-9-19(22)31(25(27)33)23(24(30)32)15-6-3-4-8-18(15)29/h3-11,23H,12-13H2,1-2H3,(H2,30,32). The van der Waals surface area contributed by atoms with Crippen molar-refractivity contribution in [1.82, 2.24) is 0 Å². The molecule has 0 saturated carbocycles. The second-order valence-corrected chi connectivity index (χ2v) is 10.7. The smallest absolute Gasteiger partial charge is 0.246 e. The van der Waals surface area contributed by atoms with Crippen molar-refractivity contribution in [2.24, 2.45) is 5.73 Å². The van der Waals surface area contributed by atoms with E-state index in [9.17, 15) is 14.0 Å². The summed E-state index contributed by atoms with van der Waals surface area (Å²) in [5.74, 6) is -0.526. The molecule has 0 aromatic heterocycles. The van der Waals surface area contributed by atoms with Crippen LogP contribution in [-0.4, -0.2) is 24.0 Å². The summed E-state index contributed by atoms with van der Waals surface area (Å²) in [6.45, 7) is 4.06. The fourth-order valence-corrected chi connectivity index (χ4v) is 6.36. The number of carbonyl (C=O) groups excluding carboxylic acids is 2. The fraction of sp³-hybridized carbons (Fsp3) is 0.259. The van der Waals surface area contributed by atoms with Crippen molar-refractivity contribution >= 4 is 33.4 Å². The average Bonchev–Trinajstić information content (AvgIpc) is 3.39. The molecule has 3 aromatic rings. The number of halogens is 2. The van der Waals surface area contributed by atoms with E-state index in [1.54, 1.807) is 18.2 Å². The number of carbonyl (C=O) groups is 2. The minimum absolute atomic E-state index is 0.0413.